The molecule has 1 amide bonds. The van der Waals surface area contributed by atoms with E-state index in [4.69, 9.17) is 10.00 Å². The predicted octanol–water partition coefficient (Wildman–Crippen LogP) is 2.00. The van der Waals surface area contributed by atoms with Crippen molar-refractivity contribution in [1.82, 2.24) is 19.0 Å². The zero-order valence-corrected chi connectivity index (χ0v) is 17.6. The molecule has 0 spiro atoms. The summed E-state index contributed by atoms with van der Waals surface area (Å²) in [7, 11) is 1.58. The van der Waals surface area contributed by atoms with E-state index >= 15 is 0 Å². The summed E-state index contributed by atoms with van der Waals surface area (Å²) in [5.41, 5.74) is 2.20. The number of pyridine rings is 1. The largest absolute Gasteiger partial charge is 0.497 e. The van der Waals surface area contributed by atoms with Crippen molar-refractivity contribution in [1.29, 1.82) is 5.26 Å². The normalized spacial score (nSPS) is 18.5. The third-order valence-corrected chi connectivity index (χ3v) is 6.30. The molecular formula is C23H21N5O4. The number of hydrogen-bond donors (Lipinski definition) is 1. The summed E-state index contributed by atoms with van der Waals surface area (Å²) >= 11 is 0. The molecule has 2 bridgehead atoms. The van der Waals surface area contributed by atoms with Gasteiger partial charge in [0.1, 0.15) is 23.2 Å². The summed E-state index contributed by atoms with van der Waals surface area (Å²) in [4.78, 5) is 32.0. The fourth-order valence-corrected chi connectivity index (χ4v) is 4.81. The highest BCUT2D eigenvalue weighted by Crippen LogP contribution is 2.48. The maximum atomic E-state index is 13.1. The van der Waals surface area contributed by atoms with Crippen LogP contribution in [0.3, 0.4) is 0 Å². The number of nitriles is 1. The maximum Gasteiger partial charge on any atom is 0.336 e. The molecule has 9 nitrogen and oxygen atoms in total. The lowest BCUT2D eigenvalue weighted by molar-refractivity contribution is -0.132. The predicted molar refractivity (Wildman–Crippen MR) is 114 cm³/mol. The smallest absolute Gasteiger partial charge is 0.336 e. The molecule has 1 fully saturated rings. The van der Waals surface area contributed by atoms with Gasteiger partial charge in [-0.1, -0.05) is 12.1 Å². The molecule has 32 heavy (non-hydrogen) atoms. The molecule has 0 radical (unpaired) electrons. The molecule has 1 N–H and O–H groups in total. The van der Waals surface area contributed by atoms with Gasteiger partial charge in [0.25, 0.3) is 0 Å². The molecule has 0 aliphatic carbocycles. The van der Waals surface area contributed by atoms with E-state index in [1.807, 2.05) is 30.3 Å². The Morgan fingerprint density at radius 1 is 1.38 bits per heavy atom. The molecule has 1 saturated heterocycles. The number of rotatable bonds is 4. The van der Waals surface area contributed by atoms with E-state index < -0.39 is 0 Å². The number of fused-ring (bicyclic) bond motifs is 5. The van der Waals surface area contributed by atoms with Crippen molar-refractivity contribution in [2.45, 2.75) is 31.8 Å². The number of imidazole rings is 1. The van der Waals surface area contributed by atoms with Gasteiger partial charge in [0.2, 0.25) is 11.8 Å². The first-order valence-corrected chi connectivity index (χ1v) is 10.3. The van der Waals surface area contributed by atoms with Crippen LogP contribution in [0.5, 0.6) is 11.6 Å². The number of nitrogens with zero attached hydrogens (tertiary/aromatic N) is 5. The number of aromatic nitrogens is 3. The van der Waals surface area contributed by atoms with Crippen molar-refractivity contribution < 1.29 is 14.6 Å². The summed E-state index contributed by atoms with van der Waals surface area (Å²) in [5.74, 6) is 0.438. The van der Waals surface area contributed by atoms with E-state index in [2.05, 4.69) is 4.98 Å². The van der Waals surface area contributed by atoms with Crippen LogP contribution in [0.2, 0.25) is 0 Å². The fourth-order valence-electron chi connectivity index (χ4n) is 4.81. The second kappa shape index (κ2) is 7.27. The Kier molecular flexibility index (Phi) is 4.51. The third-order valence-electron chi connectivity index (χ3n) is 6.30. The third kappa shape index (κ3) is 2.87. The Hall–Kier alpha value is -4.06. The van der Waals surface area contributed by atoms with Crippen molar-refractivity contribution in [2.75, 3.05) is 13.7 Å². The lowest BCUT2D eigenvalue weighted by Gasteiger charge is -2.27. The van der Waals surface area contributed by atoms with E-state index in [1.54, 1.807) is 29.6 Å². The van der Waals surface area contributed by atoms with Gasteiger partial charge in [0, 0.05) is 6.54 Å². The first kappa shape index (κ1) is 19.9. The Bertz CT molecular complexity index is 1350. The molecule has 3 aromatic rings. The van der Waals surface area contributed by atoms with E-state index in [0.717, 1.165) is 5.56 Å². The number of aryl methyl sites for hydroxylation is 1. The van der Waals surface area contributed by atoms with Crippen LogP contribution in [0.15, 0.2) is 41.3 Å². The number of aromatic hydroxyl groups is 1. The number of carbonyl (C=O) groups excluding carboxylic acids is 1. The summed E-state index contributed by atoms with van der Waals surface area (Å²) in [6.45, 7) is 2.15. The quantitative estimate of drug-likeness (QED) is 0.676. The van der Waals surface area contributed by atoms with Crippen LogP contribution in [-0.4, -0.2) is 43.7 Å². The number of carbonyl (C=O) groups is 1. The second-order valence-corrected chi connectivity index (χ2v) is 8.15. The maximum absolute atomic E-state index is 13.1. The van der Waals surface area contributed by atoms with Gasteiger partial charge in [-0.25, -0.2) is 14.3 Å². The van der Waals surface area contributed by atoms with Crippen molar-refractivity contribution in [3.8, 4) is 23.4 Å². The average molecular weight is 431 g/mol. The Morgan fingerprint density at radius 2 is 2.19 bits per heavy atom. The van der Waals surface area contributed by atoms with Gasteiger partial charge in [-0.3, -0.25) is 9.36 Å². The zero-order valence-electron chi connectivity index (χ0n) is 17.6. The van der Waals surface area contributed by atoms with Gasteiger partial charge >= 0.3 is 5.69 Å². The minimum Gasteiger partial charge on any atom is -0.497 e. The molecule has 9 heteroatoms. The van der Waals surface area contributed by atoms with Crippen molar-refractivity contribution in [3.63, 3.8) is 0 Å². The van der Waals surface area contributed by atoms with Gasteiger partial charge in [0.05, 0.1) is 37.5 Å². The molecule has 0 saturated carbocycles. The summed E-state index contributed by atoms with van der Waals surface area (Å²) in [6, 6.07) is 10.5. The molecule has 2 aliphatic heterocycles. The van der Waals surface area contributed by atoms with Gasteiger partial charge in [-0.2, -0.15) is 5.26 Å². The van der Waals surface area contributed by atoms with E-state index in [9.17, 15) is 14.7 Å². The Morgan fingerprint density at radius 3 is 2.91 bits per heavy atom. The van der Waals surface area contributed by atoms with Crippen LogP contribution in [0.25, 0.3) is 5.69 Å². The number of amides is 1. The minimum absolute atomic E-state index is 0.0625. The molecular weight excluding hydrogens is 410 g/mol. The molecule has 2 aliphatic rings. The first-order valence-electron chi connectivity index (χ1n) is 10.3. The molecule has 2 aromatic heterocycles. The van der Waals surface area contributed by atoms with Gasteiger partial charge in [0.15, 0.2) is 0 Å². The molecule has 0 unspecified atom stereocenters. The molecule has 1 aromatic carbocycles. The van der Waals surface area contributed by atoms with E-state index in [-0.39, 0.29) is 41.7 Å². The fraction of sp³-hybridized carbons (Fsp3) is 0.304. The van der Waals surface area contributed by atoms with Crippen LogP contribution in [-0.2, 0) is 11.2 Å². The monoisotopic (exact) mass is 431 g/mol. The van der Waals surface area contributed by atoms with Crippen LogP contribution in [0, 0.1) is 18.3 Å². The number of likely N-dealkylation sites (tertiary alicyclic amines) is 1. The van der Waals surface area contributed by atoms with Gasteiger partial charge in [-0.15, -0.1) is 0 Å². The molecule has 162 valence electrons. The zero-order chi connectivity index (χ0) is 22.6. The second-order valence-electron chi connectivity index (χ2n) is 8.15. The number of ether oxygens (including phenoxy) is 1. The lowest BCUT2D eigenvalue weighted by Crippen LogP contribution is -2.38. The number of methoxy groups -OCH3 is 1. The molecule has 5 rings (SSSR count). The minimum atomic E-state index is -0.365. The highest BCUT2D eigenvalue weighted by atomic mass is 16.5. The lowest BCUT2D eigenvalue weighted by atomic mass is 10.1. The van der Waals surface area contributed by atoms with Crippen LogP contribution in [0.1, 0.15) is 41.0 Å². The standard InChI is InChI=1S/C23H21N5O4/c1-13-6-15(11-25-18(13)10-24)28-22(30)21-19-9-16(27(21)23(28)31)12-26(19)20(29)8-14-4-3-5-17(7-14)32-2/h3-7,11,16,19,30H,8-9,12H2,1-2H3/t16-,19-/m0/s1. The summed E-state index contributed by atoms with van der Waals surface area (Å²) < 4.78 is 8.02. The topological polar surface area (TPSA) is 113 Å². The molecule has 4 heterocycles. The van der Waals surface area contributed by atoms with E-state index in [1.165, 1.54) is 10.8 Å². The SMILES string of the molecule is COc1cccc(CC(=O)N2C[C@@H]3C[C@H]2c2c(O)n(-c4cnc(C#N)c(C)c4)c(=O)n23)c1. The van der Waals surface area contributed by atoms with Crippen molar-refractivity contribution in [3.05, 3.63) is 69.5 Å². The highest BCUT2D eigenvalue weighted by Gasteiger charge is 2.49. The number of hydrogen-bond acceptors (Lipinski definition) is 6. The summed E-state index contributed by atoms with van der Waals surface area (Å²) in [6.07, 6.45) is 2.22. The van der Waals surface area contributed by atoms with Crippen LogP contribution >= 0.6 is 0 Å². The van der Waals surface area contributed by atoms with Crippen LogP contribution < -0.4 is 10.4 Å². The first-order chi connectivity index (χ1) is 15.4. The Balaban J connectivity index is 1.47. The highest BCUT2D eigenvalue weighted by molar-refractivity contribution is 5.80. The van der Waals surface area contributed by atoms with Gasteiger partial charge in [-0.05, 0) is 42.7 Å². The van der Waals surface area contributed by atoms with Gasteiger partial charge < -0.3 is 14.7 Å². The van der Waals surface area contributed by atoms with Crippen molar-refractivity contribution in [2.24, 2.45) is 0 Å². The van der Waals surface area contributed by atoms with E-state index in [0.29, 0.717) is 35.7 Å². The van der Waals surface area contributed by atoms with Crippen LogP contribution in [0.4, 0.5) is 0 Å². The Labute approximate surface area is 183 Å². The summed E-state index contributed by atoms with van der Waals surface area (Å²) in [5, 5.41) is 20.1. The number of benzene rings is 1. The average Bonchev–Trinajstić information content (AvgIpc) is 3.45. The van der Waals surface area contributed by atoms with Crippen molar-refractivity contribution >= 4 is 5.91 Å². The molecule has 2 atom stereocenters.